The predicted molar refractivity (Wildman–Crippen MR) is 96.1 cm³/mol. The van der Waals surface area contributed by atoms with E-state index >= 15 is 0 Å². The molecule has 1 atom stereocenters. The van der Waals surface area contributed by atoms with Crippen molar-refractivity contribution < 1.29 is 9.47 Å². The second-order valence-corrected chi connectivity index (χ2v) is 6.25. The molecule has 26 heavy (non-hydrogen) atoms. The standard InChI is InChI=1S/C21H13N3O2/c22-10-15-3-1-5-19-20(15)21(12-25-13-24-21)17-9-14(6-7-18(17)26-19)16-4-2-8-23-11-16/h1-9,11,13H,12H2. The number of aromatic nitrogens is 1. The first-order valence-corrected chi connectivity index (χ1v) is 8.23. The van der Waals surface area contributed by atoms with Crippen molar-refractivity contribution in [3.63, 3.8) is 0 Å². The fraction of sp³-hybridized carbons (Fsp3) is 0.0952. The van der Waals surface area contributed by atoms with E-state index in [0.29, 0.717) is 17.9 Å². The van der Waals surface area contributed by atoms with Crippen molar-refractivity contribution in [2.24, 2.45) is 4.99 Å². The number of benzene rings is 2. The Hall–Kier alpha value is -3.65. The van der Waals surface area contributed by atoms with Gasteiger partial charge < -0.3 is 9.47 Å². The smallest absolute Gasteiger partial charge is 0.170 e. The SMILES string of the molecule is N#Cc1cccc2c1C1(COC=N1)c1cc(-c3cccnc3)ccc1O2. The van der Waals surface area contributed by atoms with Crippen molar-refractivity contribution in [2.75, 3.05) is 6.61 Å². The number of nitriles is 1. The number of rotatable bonds is 1. The molecule has 1 spiro atoms. The lowest BCUT2D eigenvalue weighted by Crippen LogP contribution is -2.32. The van der Waals surface area contributed by atoms with Crippen LogP contribution in [-0.2, 0) is 10.3 Å². The van der Waals surface area contributed by atoms with Crippen molar-refractivity contribution in [3.8, 4) is 28.7 Å². The topological polar surface area (TPSA) is 67.5 Å². The lowest BCUT2D eigenvalue weighted by Gasteiger charge is -2.34. The van der Waals surface area contributed by atoms with E-state index in [1.54, 1.807) is 12.3 Å². The number of fused-ring (bicyclic) bond motifs is 4. The Morgan fingerprint density at radius 3 is 2.77 bits per heavy atom. The van der Waals surface area contributed by atoms with Crippen LogP contribution in [0.2, 0.25) is 0 Å². The molecule has 0 N–H and O–H groups in total. The maximum atomic E-state index is 9.61. The molecule has 0 fully saturated rings. The third-order valence-electron chi connectivity index (χ3n) is 4.84. The minimum atomic E-state index is -0.770. The van der Waals surface area contributed by atoms with Gasteiger partial charge in [-0.25, -0.2) is 4.99 Å². The number of ether oxygens (including phenoxy) is 2. The van der Waals surface area contributed by atoms with Crippen molar-refractivity contribution in [1.82, 2.24) is 4.98 Å². The average molecular weight is 339 g/mol. The molecule has 0 saturated heterocycles. The van der Waals surface area contributed by atoms with E-state index in [0.717, 1.165) is 28.0 Å². The Bertz CT molecular complexity index is 1090. The first-order valence-electron chi connectivity index (χ1n) is 8.23. The van der Waals surface area contributed by atoms with Gasteiger partial charge in [-0.2, -0.15) is 5.26 Å². The number of nitrogens with zero attached hydrogens (tertiary/aromatic N) is 3. The first-order chi connectivity index (χ1) is 12.8. The maximum absolute atomic E-state index is 9.61. The summed E-state index contributed by atoms with van der Waals surface area (Å²) in [4.78, 5) is 8.86. The lowest BCUT2D eigenvalue weighted by molar-refractivity contribution is 0.273. The highest BCUT2D eigenvalue weighted by atomic mass is 16.5. The molecule has 0 amide bonds. The average Bonchev–Trinajstić information content (AvgIpc) is 3.18. The second-order valence-electron chi connectivity index (χ2n) is 6.25. The molecule has 0 saturated carbocycles. The van der Waals surface area contributed by atoms with E-state index < -0.39 is 5.54 Å². The predicted octanol–water partition coefficient (Wildman–Crippen LogP) is 4.03. The lowest BCUT2D eigenvalue weighted by atomic mass is 9.78. The van der Waals surface area contributed by atoms with E-state index in [1.807, 2.05) is 42.6 Å². The molecule has 3 heterocycles. The molecule has 1 unspecified atom stereocenters. The quantitative estimate of drug-likeness (QED) is 0.671. The van der Waals surface area contributed by atoms with Crippen LogP contribution in [0.25, 0.3) is 11.1 Å². The highest BCUT2D eigenvalue weighted by Crippen LogP contribution is 2.52. The molecule has 5 nitrogen and oxygen atoms in total. The normalized spacial score (nSPS) is 19.2. The molecule has 1 aromatic heterocycles. The third kappa shape index (κ3) is 1.96. The molecular formula is C21H13N3O2. The fourth-order valence-corrected chi connectivity index (χ4v) is 3.65. The molecule has 2 aliphatic heterocycles. The Kier molecular flexibility index (Phi) is 3.06. The minimum Gasteiger partial charge on any atom is -0.480 e. The van der Waals surface area contributed by atoms with Crippen LogP contribution in [0, 0.1) is 11.3 Å². The molecule has 124 valence electrons. The van der Waals surface area contributed by atoms with Crippen LogP contribution in [0.4, 0.5) is 0 Å². The van der Waals surface area contributed by atoms with Gasteiger partial charge in [0.1, 0.15) is 18.1 Å². The van der Waals surface area contributed by atoms with Crippen LogP contribution in [-0.4, -0.2) is 18.0 Å². The van der Waals surface area contributed by atoms with Gasteiger partial charge in [-0.1, -0.05) is 18.2 Å². The van der Waals surface area contributed by atoms with Gasteiger partial charge in [0.2, 0.25) is 0 Å². The van der Waals surface area contributed by atoms with Gasteiger partial charge in [0.15, 0.2) is 11.9 Å². The number of aliphatic imine (C=N–C) groups is 1. The fourth-order valence-electron chi connectivity index (χ4n) is 3.65. The van der Waals surface area contributed by atoms with Gasteiger partial charge in [-0.15, -0.1) is 0 Å². The Morgan fingerprint density at radius 1 is 1.04 bits per heavy atom. The van der Waals surface area contributed by atoms with E-state index in [2.05, 4.69) is 22.1 Å². The van der Waals surface area contributed by atoms with Crippen LogP contribution in [0.5, 0.6) is 11.5 Å². The summed E-state index contributed by atoms with van der Waals surface area (Å²) in [7, 11) is 0. The molecule has 2 aliphatic rings. The second kappa shape index (κ2) is 5.43. The maximum Gasteiger partial charge on any atom is 0.170 e. The van der Waals surface area contributed by atoms with Gasteiger partial charge in [-0.05, 0) is 35.9 Å². The van der Waals surface area contributed by atoms with Crippen LogP contribution in [0.15, 0.2) is 65.9 Å². The molecular weight excluding hydrogens is 326 g/mol. The van der Waals surface area contributed by atoms with Crippen molar-refractivity contribution >= 4 is 6.40 Å². The van der Waals surface area contributed by atoms with Crippen LogP contribution in [0.1, 0.15) is 16.7 Å². The van der Waals surface area contributed by atoms with Gasteiger partial charge in [0.05, 0.1) is 11.6 Å². The Labute approximate surface area is 150 Å². The van der Waals surface area contributed by atoms with Gasteiger partial charge in [0.25, 0.3) is 0 Å². The zero-order valence-electron chi connectivity index (χ0n) is 13.7. The van der Waals surface area contributed by atoms with Gasteiger partial charge in [-0.3, -0.25) is 4.98 Å². The van der Waals surface area contributed by atoms with Crippen molar-refractivity contribution in [2.45, 2.75) is 5.54 Å². The Balaban J connectivity index is 1.78. The summed E-state index contributed by atoms with van der Waals surface area (Å²) in [6.07, 6.45) is 5.03. The highest BCUT2D eigenvalue weighted by Gasteiger charge is 2.46. The van der Waals surface area contributed by atoms with Crippen molar-refractivity contribution in [3.05, 3.63) is 77.6 Å². The summed E-state index contributed by atoms with van der Waals surface area (Å²) in [6.45, 7) is 0.339. The summed E-state index contributed by atoms with van der Waals surface area (Å²) >= 11 is 0. The molecule has 5 heteroatoms. The van der Waals surface area contributed by atoms with E-state index in [-0.39, 0.29) is 0 Å². The molecule has 0 bridgehead atoms. The van der Waals surface area contributed by atoms with E-state index in [4.69, 9.17) is 9.47 Å². The summed E-state index contributed by atoms with van der Waals surface area (Å²) in [5, 5.41) is 9.61. The summed E-state index contributed by atoms with van der Waals surface area (Å²) in [6, 6.07) is 17.6. The Morgan fingerprint density at radius 2 is 2.00 bits per heavy atom. The minimum absolute atomic E-state index is 0.339. The molecule has 0 aliphatic carbocycles. The summed E-state index contributed by atoms with van der Waals surface area (Å²) < 4.78 is 11.6. The zero-order valence-corrected chi connectivity index (χ0v) is 13.7. The third-order valence-corrected chi connectivity index (χ3v) is 4.84. The molecule has 5 rings (SSSR count). The molecule has 3 aromatic rings. The summed E-state index contributed by atoms with van der Waals surface area (Å²) in [5.74, 6) is 1.37. The molecule has 0 radical (unpaired) electrons. The largest absolute Gasteiger partial charge is 0.480 e. The van der Waals surface area contributed by atoms with Crippen LogP contribution in [0.3, 0.4) is 0 Å². The number of hydrogen-bond donors (Lipinski definition) is 0. The van der Waals surface area contributed by atoms with E-state index in [1.165, 1.54) is 6.40 Å². The zero-order chi connectivity index (χ0) is 17.6. The van der Waals surface area contributed by atoms with Crippen molar-refractivity contribution in [1.29, 1.82) is 5.26 Å². The highest BCUT2D eigenvalue weighted by molar-refractivity contribution is 5.72. The number of hydrogen-bond acceptors (Lipinski definition) is 5. The monoisotopic (exact) mass is 339 g/mol. The molecule has 2 aromatic carbocycles. The van der Waals surface area contributed by atoms with Gasteiger partial charge >= 0.3 is 0 Å². The number of pyridine rings is 1. The van der Waals surface area contributed by atoms with Crippen LogP contribution < -0.4 is 4.74 Å². The summed E-state index contributed by atoms with van der Waals surface area (Å²) in [5.41, 5.74) is 3.44. The van der Waals surface area contributed by atoms with E-state index in [9.17, 15) is 5.26 Å². The first kappa shape index (κ1) is 14.7. The van der Waals surface area contributed by atoms with Gasteiger partial charge in [0, 0.05) is 29.1 Å². The van der Waals surface area contributed by atoms with Crippen LogP contribution >= 0.6 is 0 Å².